The average Bonchev–Trinajstić information content (AvgIpc) is 2.33. The summed E-state index contributed by atoms with van der Waals surface area (Å²) in [6, 6.07) is 0. The van der Waals surface area contributed by atoms with Gasteiger partial charge in [-0.2, -0.15) is 5.10 Å². The van der Waals surface area contributed by atoms with Gasteiger partial charge in [-0.25, -0.2) is 0 Å². The molecule has 1 aromatic heterocycles. The molecule has 1 fully saturated rings. The number of hydrogen-bond donors (Lipinski definition) is 1. The normalized spacial score (nSPS) is 22.2. The van der Waals surface area contributed by atoms with Gasteiger partial charge in [0, 0.05) is 31.9 Å². The molecular weight excluding hydrogens is 154 g/mol. The molecule has 0 aromatic carbocycles. The van der Waals surface area contributed by atoms with Crippen molar-refractivity contribution < 1.29 is 5.11 Å². The first kappa shape index (κ1) is 7.76. The van der Waals surface area contributed by atoms with Crippen molar-refractivity contribution in [3.8, 4) is 0 Å². The average molecular weight is 167 g/mol. The molecule has 0 spiro atoms. The molecule has 1 aliphatic rings. The molecule has 0 saturated carbocycles. The summed E-state index contributed by atoms with van der Waals surface area (Å²) >= 11 is 0. The van der Waals surface area contributed by atoms with E-state index in [1.165, 1.54) is 0 Å². The van der Waals surface area contributed by atoms with E-state index in [0.717, 1.165) is 5.56 Å². The second kappa shape index (κ2) is 2.31. The molecule has 4 nitrogen and oxygen atoms in total. The lowest BCUT2D eigenvalue weighted by molar-refractivity contribution is -0.0919. The Balaban J connectivity index is 2.20. The fourth-order valence-corrected chi connectivity index (χ4v) is 1.69. The Morgan fingerprint density at radius 1 is 1.50 bits per heavy atom. The number of aliphatic hydroxyl groups is 1. The molecule has 2 heterocycles. The quantitative estimate of drug-likeness (QED) is 0.616. The zero-order valence-electron chi connectivity index (χ0n) is 7.36. The fraction of sp³-hybridized carbons (Fsp3) is 0.625. The minimum atomic E-state index is -0.650. The van der Waals surface area contributed by atoms with Crippen LogP contribution in [0.15, 0.2) is 12.4 Å². The molecule has 66 valence electrons. The van der Waals surface area contributed by atoms with Crippen molar-refractivity contribution in [2.75, 3.05) is 20.1 Å². The number of aryl methyl sites for hydroxylation is 1. The molecule has 12 heavy (non-hydrogen) atoms. The molecule has 1 saturated heterocycles. The van der Waals surface area contributed by atoms with E-state index < -0.39 is 5.60 Å². The molecule has 0 unspecified atom stereocenters. The molecule has 0 aliphatic carbocycles. The number of β-amino-alcohol motifs (C(OH)–C–C–N with tert-alkyl or cyclic N) is 1. The Kier molecular flexibility index (Phi) is 1.49. The molecule has 0 amide bonds. The Bertz CT molecular complexity index is 288. The molecule has 1 aromatic rings. The Morgan fingerprint density at radius 3 is 2.58 bits per heavy atom. The van der Waals surface area contributed by atoms with E-state index in [1.807, 2.05) is 20.3 Å². The topological polar surface area (TPSA) is 41.3 Å². The van der Waals surface area contributed by atoms with Gasteiger partial charge in [0.1, 0.15) is 5.60 Å². The number of rotatable bonds is 1. The van der Waals surface area contributed by atoms with Crippen LogP contribution in [0.1, 0.15) is 5.56 Å². The lowest BCUT2D eigenvalue weighted by Crippen LogP contribution is -2.57. The van der Waals surface area contributed by atoms with Crippen molar-refractivity contribution >= 4 is 0 Å². The van der Waals surface area contributed by atoms with Crippen LogP contribution in [0.2, 0.25) is 0 Å². The van der Waals surface area contributed by atoms with E-state index in [4.69, 9.17) is 0 Å². The largest absolute Gasteiger partial charge is 0.382 e. The number of hydrogen-bond acceptors (Lipinski definition) is 3. The minimum absolute atomic E-state index is 0.650. The van der Waals surface area contributed by atoms with E-state index in [0.29, 0.717) is 13.1 Å². The SMILES string of the molecule is CN1CC(O)(c2cnn(C)c2)C1. The van der Waals surface area contributed by atoms with Crippen molar-refractivity contribution in [3.63, 3.8) is 0 Å². The van der Waals surface area contributed by atoms with E-state index in [9.17, 15) is 5.11 Å². The van der Waals surface area contributed by atoms with E-state index in [-0.39, 0.29) is 0 Å². The van der Waals surface area contributed by atoms with Gasteiger partial charge in [0.2, 0.25) is 0 Å². The highest BCUT2D eigenvalue weighted by molar-refractivity contribution is 5.20. The fourth-order valence-electron chi connectivity index (χ4n) is 1.69. The first-order chi connectivity index (χ1) is 5.60. The van der Waals surface area contributed by atoms with Crippen LogP contribution >= 0.6 is 0 Å². The van der Waals surface area contributed by atoms with E-state index in [1.54, 1.807) is 10.9 Å². The maximum Gasteiger partial charge on any atom is 0.118 e. The zero-order valence-corrected chi connectivity index (χ0v) is 7.36. The van der Waals surface area contributed by atoms with Crippen LogP contribution in [0.3, 0.4) is 0 Å². The van der Waals surface area contributed by atoms with Crippen LogP contribution in [0.4, 0.5) is 0 Å². The van der Waals surface area contributed by atoms with Crippen molar-refractivity contribution in [2.24, 2.45) is 7.05 Å². The van der Waals surface area contributed by atoms with Crippen LogP contribution in [0.5, 0.6) is 0 Å². The molecule has 2 rings (SSSR count). The van der Waals surface area contributed by atoms with Gasteiger partial charge in [0.05, 0.1) is 6.20 Å². The number of aromatic nitrogens is 2. The van der Waals surface area contributed by atoms with Gasteiger partial charge in [-0.1, -0.05) is 0 Å². The van der Waals surface area contributed by atoms with Gasteiger partial charge in [-0.15, -0.1) is 0 Å². The van der Waals surface area contributed by atoms with Gasteiger partial charge < -0.3 is 5.11 Å². The van der Waals surface area contributed by atoms with Crippen LogP contribution < -0.4 is 0 Å². The summed E-state index contributed by atoms with van der Waals surface area (Å²) in [5.74, 6) is 0. The predicted molar refractivity (Wildman–Crippen MR) is 44.6 cm³/mol. The van der Waals surface area contributed by atoms with Gasteiger partial charge in [-0.05, 0) is 7.05 Å². The second-order valence-corrected chi connectivity index (χ2v) is 3.61. The maximum atomic E-state index is 9.97. The summed E-state index contributed by atoms with van der Waals surface area (Å²) in [5.41, 5.74) is 0.270. The highest BCUT2D eigenvalue weighted by Crippen LogP contribution is 2.29. The Morgan fingerprint density at radius 2 is 2.17 bits per heavy atom. The lowest BCUT2D eigenvalue weighted by Gasteiger charge is -2.43. The molecule has 0 radical (unpaired) electrons. The van der Waals surface area contributed by atoms with Crippen LogP contribution in [0, 0.1) is 0 Å². The monoisotopic (exact) mass is 167 g/mol. The van der Waals surface area contributed by atoms with Crippen molar-refractivity contribution in [2.45, 2.75) is 5.60 Å². The predicted octanol–water partition coefficient (Wildman–Crippen LogP) is -0.447. The van der Waals surface area contributed by atoms with E-state index >= 15 is 0 Å². The summed E-state index contributed by atoms with van der Waals surface area (Å²) in [4.78, 5) is 2.08. The highest BCUT2D eigenvalue weighted by Gasteiger charge is 2.41. The number of likely N-dealkylation sites (tertiary alicyclic amines) is 1. The van der Waals surface area contributed by atoms with Crippen molar-refractivity contribution in [1.29, 1.82) is 0 Å². The summed E-state index contributed by atoms with van der Waals surface area (Å²) < 4.78 is 1.71. The van der Waals surface area contributed by atoms with Crippen molar-refractivity contribution in [3.05, 3.63) is 18.0 Å². The van der Waals surface area contributed by atoms with Crippen LogP contribution in [-0.2, 0) is 12.6 Å². The smallest absolute Gasteiger partial charge is 0.118 e. The minimum Gasteiger partial charge on any atom is -0.382 e. The maximum absolute atomic E-state index is 9.97. The molecule has 4 heteroatoms. The Hall–Kier alpha value is -0.870. The third-order valence-electron chi connectivity index (χ3n) is 2.31. The second-order valence-electron chi connectivity index (χ2n) is 3.61. The third-order valence-corrected chi connectivity index (χ3v) is 2.31. The van der Waals surface area contributed by atoms with Crippen LogP contribution in [0.25, 0.3) is 0 Å². The van der Waals surface area contributed by atoms with Gasteiger partial charge in [0.15, 0.2) is 0 Å². The highest BCUT2D eigenvalue weighted by atomic mass is 16.3. The first-order valence-electron chi connectivity index (χ1n) is 4.00. The summed E-state index contributed by atoms with van der Waals surface area (Å²) in [6.07, 6.45) is 3.60. The molecule has 1 N–H and O–H groups in total. The van der Waals surface area contributed by atoms with E-state index in [2.05, 4.69) is 10.00 Å². The van der Waals surface area contributed by atoms with Crippen LogP contribution in [-0.4, -0.2) is 39.9 Å². The third kappa shape index (κ3) is 1.04. The summed E-state index contributed by atoms with van der Waals surface area (Å²) in [6.45, 7) is 1.41. The van der Waals surface area contributed by atoms with Gasteiger partial charge >= 0.3 is 0 Å². The molecule has 0 bridgehead atoms. The first-order valence-corrected chi connectivity index (χ1v) is 4.00. The molecular formula is C8H13N3O. The molecule has 0 atom stereocenters. The number of nitrogens with zero attached hydrogens (tertiary/aromatic N) is 3. The summed E-state index contributed by atoms with van der Waals surface area (Å²) in [7, 11) is 3.85. The lowest BCUT2D eigenvalue weighted by atomic mass is 9.89. The van der Waals surface area contributed by atoms with Gasteiger partial charge in [-0.3, -0.25) is 9.58 Å². The standard InChI is InChI=1S/C8H13N3O/c1-10-5-8(12,6-10)7-3-9-11(2)4-7/h3-4,12H,5-6H2,1-2H3. The Labute approximate surface area is 71.4 Å². The zero-order chi connectivity index (χ0) is 8.77. The molecule has 1 aliphatic heterocycles. The van der Waals surface area contributed by atoms with Crippen molar-refractivity contribution in [1.82, 2.24) is 14.7 Å². The van der Waals surface area contributed by atoms with Gasteiger partial charge in [0.25, 0.3) is 0 Å². The summed E-state index contributed by atoms with van der Waals surface area (Å²) in [5, 5.41) is 14.0. The number of likely N-dealkylation sites (N-methyl/N-ethyl adjacent to an activating group) is 1.